The Hall–Kier alpha value is -6.02. The first kappa shape index (κ1) is 30.0. The molecule has 0 saturated carbocycles. The third-order valence-corrected chi connectivity index (χ3v) is 6.20. The monoisotopic (exact) mass is 586 g/mol. The highest BCUT2D eigenvalue weighted by Gasteiger charge is 2.29. The fourth-order valence-electron chi connectivity index (χ4n) is 4.39. The number of rotatable bonds is 13. The summed E-state index contributed by atoms with van der Waals surface area (Å²) in [5.41, 5.74) is 18.6. The number of fused-ring (bicyclic) bond motifs is 1. The maximum Gasteiger partial charge on any atom is 0.335 e. The van der Waals surface area contributed by atoms with Crippen molar-refractivity contribution in [3.63, 3.8) is 0 Å². The average Bonchev–Trinajstić information content (AvgIpc) is 3.38. The van der Waals surface area contributed by atoms with Crippen molar-refractivity contribution in [2.24, 2.45) is 10.2 Å². The van der Waals surface area contributed by atoms with Crippen LogP contribution in [0.3, 0.4) is 0 Å². The Kier molecular flexibility index (Phi) is 9.44. The van der Waals surface area contributed by atoms with Gasteiger partial charge in [-0.05, 0) is 44.6 Å². The molecule has 43 heavy (non-hydrogen) atoms. The lowest BCUT2D eigenvalue weighted by Gasteiger charge is -2.28. The molecule has 0 aliphatic heterocycles. The predicted octanol–water partition coefficient (Wildman–Crippen LogP) is 4.87. The zero-order chi connectivity index (χ0) is 30.9. The number of carboxylic acids is 2. The van der Waals surface area contributed by atoms with Gasteiger partial charge in [0, 0.05) is 29.6 Å². The molecule has 17 heteroatoms. The van der Waals surface area contributed by atoms with E-state index in [2.05, 4.69) is 35.0 Å². The molecule has 2 atom stereocenters. The number of imidazole rings is 1. The van der Waals surface area contributed by atoms with E-state index in [1.165, 1.54) is 30.0 Å². The van der Waals surface area contributed by atoms with Gasteiger partial charge in [0.25, 0.3) is 0 Å². The number of aromatic carboxylic acids is 2. The Morgan fingerprint density at radius 3 is 2.05 bits per heavy atom. The minimum atomic E-state index is -1.18. The second-order valence-corrected chi connectivity index (χ2v) is 8.93. The van der Waals surface area contributed by atoms with Gasteiger partial charge < -0.3 is 19.7 Å². The number of nitrogens with zero attached hydrogens (tertiary/aromatic N) is 10. The van der Waals surface area contributed by atoms with Crippen molar-refractivity contribution >= 4 is 40.8 Å². The van der Waals surface area contributed by atoms with Gasteiger partial charge in [-0.3, -0.25) is 9.36 Å². The maximum absolute atomic E-state index is 12.2. The molecule has 0 spiro atoms. The lowest BCUT2D eigenvalue weighted by Crippen LogP contribution is -2.38. The van der Waals surface area contributed by atoms with Gasteiger partial charge >= 0.3 is 17.9 Å². The zero-order valence-corrected chi connectivity index (χ0v) is 22.4. The van der Waals surface area contributed by atoms with Gasteiger partial charge in [-0.2, -0.15) is 0 Å². The molecule has 0 fully saturated rings. The number of ether oxygens (including phenoxy) is 2. The fourth-order valence-corrected chi connectivity index (χ4v) is 4.39. The molecule has 2 unspecified atom stereocenters. The third kappa shape index (κ3) is 7.20. The second kappa shape index (κ2) is 13.6. The molecule has 4 rings (SSSR count). The zero-order valence-electron chi connectivity index (χ0n) is 22.4. The van der Waals surface area contributed by atoms with E-state index in [9.17, 15) is 24.6 Å². The fraction of sp³-hybridized carbons (Fsp3) is 0.231. The number of esters is 1. The van der Waals surface area contributed by atoms with Crippen LogP contribution in [0.2, 0.25) is 0 Å². The molecule has 0 aliphatic carbocycles. The molecular formula is C26H22N10O7. The molecule has 2 aromatic carbocycles. The van der Waals surface area contributed by atoms with Crippen LogP contribution in [0, 0.1) is 0 Å². The van der Waals surface area contributed by atoms with Crippen molar-refractivity contribution in [1.82, 2.24) is 19.5 Å². The van der Waals surface area contributed by atoms with E-state index in [1.54, 1.807) is 36.4 Å². The summed E-state index contributed by atoms with van der Waals surface area (Å²) in [6.45, 7) is 0.893. The van der Waals surface area contributed by atoms with Gasteiger partial charge in [0.15, 0.2) is 11.5 Å². The summed E-state index contributed by atoms with van der Waals surface area (Å²) in [5.74, 6) is -3.56. The first-order chi connectivity index (χ1) is 20.7. The summed E-state index contributed by atoms with van der Waals surface area (Å²) in [7, 11) is 0. The Morgan fingerprint density at radius 1 is 0.907 bits per heavy atom. The summed E-state index contributed by atoms with van der Waals surface area (Å²) in [6.07, 6.45) is -0.902. The van der Waals surface area contributed by atoms with Crippen LogP contribution in [0.5, 0.6) is 0 Å². The summed E-state index contributed by atoms with van der Waals surface area (Å²) in [4.78, 5) is 53.5. The van der Waals surface area contributed by atoms with Crippen LogP contribution in [-0.2, 0) is 33.8 Å². The van der Waals surface area contributed by atoms with Crippen molar-refractivity contribution in [3.8, 4) is 0 Å². The highest BCUT2D eigenvalue weighted by molar-refractivity contribution is 5.90. The highest BCUT2D eigenvalue weighted by atomic mass is 16.6. The van der Waals surface area contributed by atoms with E-state index in [1.807, 2.05) is 0 Å². The quantitative estimate of drug-likeness (QED) is 0.0930. The molecule has 2 aromatic heterocycles. The first-order valence-electron chi connectivity index (χ1n) is 12.5. The van der Waals surface area contributed by atoms with Crippen molar-refractivity contribution in [1.29, 1.82) is 0 Å². The van der Waals surface area contributed by atoms with Gasteiger partial charge in [0.1, 0.15) is 24.5 Å². The summed E-state index contributed by atoms with van der Waals surface area (Å²) < 4.78 is 13.2. The number of aromatic nitrogens is 4. The molecule has 0 radical (unpaired) electrons. The molecule has 2 N–H and O–H groups in total. The normalized spacial score (nSPS) is 12.0. The Labute approximate surface area is 241 Å². The number of carbonyl (C=O) groups is 3. The minimum Gasteiger partial charge on any atom is -0.478 e. The molecule has 218 valence electrons. The van der Waals surface area contributed by atoms with Crippen molar-refractivity contribution in [2.45, 2.75) is 38.7 Å². The Balaban J connectivity index is 1.76. The molecule has 2 heterocycles. The van der Waals surface area contributed by atoms with Crippen LogP contribution in [0.15, 0.2) is 65.1 Å². The van der Waals surface area contributed by atoms with Crippen LogP contribution < -0.4 is 0 Å². The number of hydrogen-bond acceptors (Lipinski definition) is 10. The molecular weight excluding hydrogens is 564 g/mol. The van der Waals surface area contributed by atoms with E-state index >= 15 is 0 Å². The van der Waals surface area contributed by atoms with E-state index in [0.717, 1.165) is 0 Å². The largest absolute Gasteiger partial charge is 0.478 e. The number of benzene rings is 2. The summed E-state index contributed by atoms with van der Waals surface area (Å²) in [6, 6.07) is 12.4. The molecule has 17 nitrogen and oxygen atoms in total. The lowest BCUT2D eigenvalue weighted by atomic mass is 9.93. The topological polar surface area (TPSA) is 251 Å². The van der Waals surface area contributed by atoms with Crippen molar-refractivity contribution < 1.29 is 34.1 Å². The average molecular weight is 587 g/mol. The summed E-state index contributed by atoms with van der Waals surface area (Å²) >= 11 is 0. The van der Waals surface area contributed by atoms with E-state index in [-0.39, 0.29) is 53.6 Å². The van der Waals surface area contributed by atoms with E-state index in [4.69, 9.17) is 20.5 Å². The summed E-state index contributed by atoms with van der Waals surface area (Å²) in [5, 5.41) is 26.3. The molecule has 0 bridgehead atoms. The van der Waals surface area contributed by atoms with E-state index in [0.29, 0.717) is 11.1 Å². The van der Waals surface area contributed by atoms with Gasteiger partial charge in [-0.25, -0.2) is 24.5 Å². The second-order valence-electron chi connectivity index (χ2n) is 8.93. The third-order valence-electron chi connectivity index (χ3n) is 6.20. The molecule has 0 aliphatic rings. The van der Waals surface area contributed by atoms with Crippen LogP contribution in [0.25, 0.3) is 32.0 Å². The SMILES string of the molecule is CC(=O)OC(Cc1ccccc1C(=O)O)C(Cc1ccccc1C(=O)O)OCn1cnc2c(N=[N+]=[N-])nc(N=[N+]=[N-])nc21. The van der Waals surface area contributed by atoms with Crippen LogP contribution in [-0.4, -0.2) is 59.8 Å². The number of carboxylic acid groups (broad SMARTS) is 2. The number of azide groups is 2. The van der Waals surface area contributed by atoms with E-state index < -0.39 is 30.1 Å². The number of hydrogen-bond donors (Lipinski definition) is 2. The first-order valence-corrected chi connectivity index (χ1v) is 12.5. The minimum absolute atomic E-state index is 0.00204. The highest BCUT2D eigenvalue weighted by Crippen LogP contribution is 2.26. The van der Waals surface area contributed by atoms with Gasteiger partial charge in [-0.1, -0.05) is 36.4 Å². The van der Waals surface area contributed by atoms with Crippen LogP contribution in [0.1, 0.15) is 38.8 Å². The predicted molar refractivity (Wildman–Crippen MR) is 148 cm³/mol. The van der Waals surface area contributed by atoms with Gasteiger partial charge in [0.05, 0.1) is 17.5 Å². The van der Waals surface area contributed by atoms with Crippen LogP contribution >= 0.6 is 0 Å². The van der Waals surface area contributed by atoms with Crippen molar-refractivity contribution in [2.75, 3.05) is 0 Å². The van der Waals surface area contributed by atoms with Gasteiger partial charge in [0.2, 0.25) is 5.95 Å². The van der Waals surface area contributed by atoms with Crippen LogP contribution in [0.4, 0.5) is 11.8 Å². The molecule has 4 aromatic rings. The molecule has 0 saturated heterocycles. The Morgan fingerprint density at radius 2 is 1.49 bits per heavy atom. The smallest absolute Gasteiger partial charge is 0.335 e. The standard InChI is InChI=1S/C26H22N10O7/c1-14(37)43-20(11-16-7-3-5-9-18(16)25(40)41)19(10-15-6-2-4-8-17(15)24(38)39)42-13-36-12-29-21-22(32-34-27)30-26(33-35-28)31-23(21)36/h2-9,12,19-20H,10-11,13H2,1H3,(H,38,39)(H,40,41). The lowest BCUT2D eigenvalue weighted by molar-refractivity contribution is -0.157. The Bertz CT molecular complexity index is 1790. The van der Waals surface area contributed by atoms with Crippen molar-refractivity contribution in [3.05, 3.63) is 98.0 Å². The maximum atomic E-state index is 12.2. The number of carbonyl (C=O) groups excluding carboxylic acids is 1. The molecule has 0 amide bonds. The van der Waals surface area contributed by atoms with Gasteiger partial charge in [-0.15, -0.1) is 0 Å².